The maximum atomic E-state index is 11.1. The van der Waals surface area contributed by atoms with Crippen molar-refractivity contribution in [3.8, 4) is 23.5 Å². The zero-order chi connectivity index (χ0) is 17.9. The molecule has 26 heavy (non-hydrogen) atoms. The maximum absolute atomic E-state index is 11.1. The number of hydrogen-bond donors (Lipinski definition) is 3. The van der Waals surface area contributed by atoms with Crippen molar-refractivity contribution in [2.45, 2.75) is 0 Å². The van der Waals surface area contributed by atoms with Crippen LogP contribution in [0.15, 0.2) is 54.7 Å². The summed E-state index contributed by atoms with van der Waals surface area (Å²) in [5, 5.41) is 19.4. The van der Waals surface area contributed by atoms with Crippen LogP contribution in [-0.4, -0.2) is 31.5 Å². The summed E-state index contributed by atoms with van der Waals surface area (Å²) < 4.78 is 5.64. The van der Waals surface area contributed by atoms with Crippen LogP contribution in [0.4, 0.5) is 0 Å². The van der Waals surface area contributed by atoms with E-state index in [-0.39, 0.29) is 11.6 Å². The Morgan fingerprint density at radius 3 is 2.77 bits per heavy atom. The highest BCUT2D eigenvalue weighted by atomic mass is 16.5. The van der Waals surface area contributed by atoms with E-state index in [0.717, 1.165) is 22.0 Å². The van der Waals surface area contributed by atoms with Crippen molar-refractivity contribution in [1.29, 1.82) is 0 Å². The fraction of sp³-hybridized carbons (Fsp3) is 0. The number of benzene rings is 2. The van der Waals surface area contributed by atoms with Crippen LogP contribution in [0, 0.1) is 11.8 Å². The standard InChI is InChI=1S/C19H12N4O3/c24-19(25)17-18(22-23-21-17)26-15-10-13(16-14(11-15)8-9-20-16)7-6-12-4-2-1-3-5-12/h1-5,8-11,20H,(H,24,25)(H,21,22,23). The van der Waals surface area contributed by atoms with Crippen molar-refractivity contribution >= 4 is 16.9 Å². The van der Waals surface area contributed by atoms with Gasteiger partial charge in [-0.15, -0.1) is 5.10 Å². The Labute approximate surface area is 147 Å². The van der Waals surface area contributed by atoms with E-state index in [0.29, 0.717) is 5.75 Å². The lowest BCUT2D eigenvalue weighted by atomic mass is 10.1. The molecule has 4 aromatic rings. The van der Waals surface area contributed by atoms with E-state index in [1.54, 1.807) is 12.1 Å². The number of carbonyl (C=O) groups is 1. The van der Waals surface area contributed by atoms with Crippen molar-refractivity contribution in [1.82, 2.24) is 20.4 Å². The lowest BCUT2D eigenvalue weighted by Crippen LogP contribution is -1.99. The van der Waals surface area contributed by atoms with Gasteiger partial charge in [0.15, 0.2) is 0 Å². The molecule has 0 bridgehead atoms. The number of ether oxygens (including phenoxy) is 1. The summed E-state index contributed by atoms with van der Waals surface area (Å²) in [6, 6.07) is 15.0. The van der Waals surface area contributed by atoms with Crippen LogP contribution in [0.25, 0.3) is 10.9 Å². The molecule has 7 nitrogen and oxygen atoms in total. The van der Waals surface area contributed by atoms with Crippen LogP contribution < -0.4 is 4.74 Å². The van der Waals surface area contributed by atoms with Gasteiger partial charge < -0.3 is 14.8 Å². The van der Waals surface area contributed by atoms with Gasteiger partial charge in [-0.3, -0.25) is 0 Å². The average molecular weight is 344 g/mol. The third-order valence-corrected chi connectivity index (χ3v) is 3.69. The van der Waals surface area contributed by atoms with Crippen molar-refractivity contribution < 1.29 is 14.6 Å². The number of carboxylic acids is 1. The minimum absolute atomic E-state index is 0.0330. The fourth-order valence-corrected chi connectivity index (χ4v) is 2.51. The molecule has 126 valence electrons. The van der Waals surface area contributed by atoms with Gasteiger partial charge in [0.2, 0.25) is 5.69 Å². The highest BCUT2D eigenvalue weighted by Crippen LogP contribution is 2.28. The molecule has 0 aliphatic rings. The molecule has 0 saturated carbocycles. The molecule has 0 saturated heterocycles. The number of aromatic nitrogens is 4. The summed E-state index contributed by atoms with van der Waals surface area (Å²) in [5.41, 5.74) is 2.22. The average Bonchev–Trinajstić information content (AvgIpc) is 3.30. The van der Waals surface area contributed by atoms with Crippen LogP contribution in [-0.2, 0) is 0 Å². The van der Waals surface area contributed by atoms with Crippen LogP contribution >= 0.6 is 0 Å². The molecule has 4 rings (SSSR count). The first-order valence-corrected chi connectivity index (χ1v) is 7.71. The second kappa shape index (κ2) is 6.45. The summed E-state index contributed by atoms with van der Waals surface area (Å²) in [4.78, 5) is 14.3. The summed E-state index contributed by atoms with van der Waals surface area (Å²) in [5.74, 6) is 5.41. The first kappa shape index (κ1) is 15.5. The number of rotatable bonds is 3. The van der Waals surface area contributed by atoms with E-state index >= 15 is 0 Å². The molecule has 0 fully saturated rings. The minimum atomic E-state index is -1.22. The SMILES string of the molecule is O=C(O)c1nn[nH]c1Oc1cc(C#Cc2ccccc2)c2[nH]ccc2c1. The van der Waals surface area contributed by atoms with Gasteiger partial charge >= 0.3 is 5.97 Å². The Bertz CT molecular complexity index is 1150. The Morgan fingerprint density at radius 1 is 1.12 bits per heavy atom. The number of aromatic carboxylic acids is 1. The van der Waals surface area contributed by atoms with Gasteiger partial charge in [0.05, 0.1) is 11.1 Å². The second-order valence-electron chi connectivity index (χ2n) is 5.43. The number of nitrogens with zero attached hydrogens (tertiary/aromatic N) is 2. The quantitative estimate of drug-likeness (QED) is 0.495. The van der Waals surface area contributed by atoms with E-state index in [9.17, 15) is 4.79 Å². The van der Waals surface area contributed by atoms with E-state index in [1.807, 2.05) is 42.6 Å². The predicted molar refractivity (Wildman–Crippen MR) is 94.1 cm³/mol. The number of fused-ring (bicyclic) bond motifs is 1. The lowest BCUT2D eigenvalue weighted by molar-refractivity contribution is 0.0687. The number of H-pyrrole nitrogens is 2. The van der Waals surface area contributed by atoms with Gasteiger partial charge in [0.1, 0.15) is 5.75 Å². The Morgan fingerprint density at radius 2 is 1.96 bits per heavy atom. The summed E-state index contributed by atoms with van der Waals surface area (Å²) in [6.07, 6.45) is 1.81. The number of nitrogens with one attached hydrogen (secondary N) is 2. The molecule has 0 unspecified atom stereocenters. The van der Waals surface area contributed by atoms with E-state index < -0.39 is 5.97 Å². The zero-order valence-corrected chi connectivity index (χ0v) is 13.4. The van der Waals surface area contributed by atoms with Crippen molar-refractivity contribution in [3.63, 3.8) is 0 Å². The second-order valence-corrected chi connectivity index (χ2v) is 5.43. The smallest absolute Gasteiger partial charge is 0.362 e. The summed E-state index contributed by atoms with van der Waals surface area (Å²) in [7, 11) is 0. The minimum Gasteiger partial charge on any atom is -0.476 e. The molecular weight excluding hydrogens is 332 g/mol. The molecule has 2 aromatic carbocycles. The molecule has 7 heteroatoms. The van der Waals surface area contributed by atoms with Crippen LogP contribution in [0.3, 0.4) is 0 Å². The van der Waals surface area contributed by atoms with Crippen molar-refractivity contribution in [3.05, 3.63) is 71.5 Å². The van der Waals surface area contributed by atoms with Gasteiger partial charge in [-0.25, -0.2) is 9.89 Å². The number of hydrogen-bond acceptors (Lipinski definition) is 4. The van der Waals surface area contributed by atoms with Crippen LogP contribution in [0.2, 0.25) is 0 Å². The first-order valence-electron chi connectivity index (χ1n) is 7.71. The summed E-state index contributed by atoms with van der Waals surface area (Å²) in [6.45, 7) is 0. The molecule has 3 N–H and O–H groups in total. The van der Waals surface area contributed by atoms with Crippen molar-refractivity contribution in [2.75, 3.05) is 0 Å². The van der Waals surface area contributed by atoms with Crippen LogP contribution in [0.5, 0.6) is 11.6 Å². The van der Waals surface area contributed by atoms with Gasteiger partial charge in [0.25, 0.3) is 5.88 Å². The lowest BCUT2D eigenvalue weighted by Gasteiger charge is -2.05. The van der Waals surface area contributed by atoms with Gasteiger partial charge in [-0.1, -0.05) is 35.3 Å². The number of aromatic amines is 2. The third-order valence-electron chi connectivity index (χ3n) is 3.69. The van der Waals surface area contributed by atoms with Crippen LogP contribution in [0.1, 0.15) is 21.6 Å². The van der Waals surface area contributed by atoms with E-state index in [2.05, 4.69) is 32.2 Å². The molecule has 0 spiro atoms. The zero-order valence-electron chi connectivity index (χ0n) is 13.4. The summed E-state index contributed by atoms with van der Waals surface area (Å²) >= 11 is 0. The molecule has 2 aromatic heterocycles. The fourth-order valence-electron chi connectivity index (χ4n) is 2.51. The Balaban J connectivity index is 1.74. The molecule has 0 amide bonds. The van der Waals surface area contributed by atoms with Gasteiger partial charge in [-0.05, 0) is 30.3 Å². The topological polar surface area (TPSA) is 104 Å². The molecule has 0 aliphatic heterocycles. The van der Waals surface area contributed by atoms with Gasteiger partial charge in [0, 0.05) is 17.1 Å². The first-order chi connectivity index (χ1) is 12.7. The van der Waals surface area contributed by atoms with Crippen molar-refractivity contribution in [2.24, 2.45) is 0 Å². The maximum Gasteiger partial charge on any atom is 0.362 e. The highest BCUT2D eigenvalue weighted by molar-refractivity contribution is 5.88. The monoisotopic (exact) mass is 344 g/mol. The third kappa shape index (κ3) is 2.99. The molecule has 0 aliphatic carbocycles. The molecule has 0 atom stereocenters. The normalized spacial score (nSPS) is 10.3. The predicted octanol–water partition coefficient (Wildman–Crippen LogP) is 3.18. The number of carboxylic acid groups (broad SMARTS) is 1. The van der Waals surface area contributed by atoms with Gasteiger partial charge in [-0.2, -0.15) is 0 Å². The highest BCUT2D eigenvalue weighted by Gasteiger charge is 2.17. The Kier molecular flexibility index (Phi) is 3.84. The van der Waals surface area contributed by atoms with E-state index in [4.69, 9.17) is 9.84 Å². The van der Waals surface area contributed by atoms with E-state index in [1.165, 1.54) is 0 Å². The Hall–Kier alpha value is -4.05. The largest absolute Gasteiger partial charge is 0.476 e. The molecular formula is C19H12N4O3. The molecule has 0 radical (unpaired) electrons. The molecule has 2 heterocycles.